The van der Waals surface area contributed by atoms with Crippen LogP contribution in [0.1, 0.15) is 57.1 Å². The lowest BCUT2D eigenvalue weighted by Crippen LogP contribution is -2.30. The predicted octanol–water partition coefficient (Wildman–Crippen LogP) is 4.49. The fourth-order valence-electron chi connectivity index (χ4n) is 2.98. The van der Waals surface area contributed by atoms with Crippen molar-refractivity contribution in [2.45, 2.75) is 65.4 Å². The highest BCUT2D eigenvalue weighted by atomic mass is 16.5. The molecule has 0 saturated heterocycles. The summed E-state index contributed by atoms with van der Waals surface area (Å²) in [5.74, 6) is 1.94. The molecule has 1 unspecified atom stereocenters. The van der Waals surface area contributed by atoms with Crippen molar-refractivity contribution >= 4 is 0 Å². The maximum atomic E-state index is 5.97. The van der Waals surface area contributed by atoms with E-state index in [0.717, 1.165) is 31.2 Å². The lowest BCUT2D eigenvalue weighted by atomic mass is 10.0. The monoisotopic (exact) mass is 289 g/mol. The number of hydrogen-bond donors (Lipinski definition) is 1. The Hall–Kier alpha value is -1.02. The number of rotatable bonds is 9. The summed E-state index contributed by atoms with van der Waals surface area (Å²) >= 11 is 0. The molecule has 1 aliphatic rings. The molecule has 21 heavy (non-hydrogen) atoms. The number of fused-ring (bicyclic) bond motifs is 1. The van der Waals surface area contributed by atoms with Gasteiger partial charge in [-0.25, -0.2) is 0 Å². The molecule has 0 saturated carbocycles. The SMILES string of the molecule is Cc1ccc2c(c1)CC(CNCCCCCCC(C)C)O2. The first-order chi connectivity index (χ1) is 10.1. The van der Waals surface area contributed by atoms with E-state index in [-0.39, 0.29) is 0 Å². The molecule has 118 valence electrons. The molecule has 0 spiro atoms. The minimum atomic E-state index is 0.322. The smallest absolute Gasteiger partial charge is 0.123 e. The van der Waals surface area contributed by atoms with Crippen molar-refractivity contribution in [3.8, 4) is 5.75 Å². The third kappa shape index (κ3) is 5.70. The first-order valence-corrected chi connectivity index (χ1v) is 8.62. The van der Waals surface area contributed by atoms with Gasteiger partial charge in [-0.2, -0.15) is 0 Å². The Morgan fingerprint density at radius 3 is 2.81 bits per heavy atom. The Kier molecular flexibility index (Phi) is 6.56. The van der Waals surface area contributed by atoms with Gasteiger partial charge < -0.3 is 10.1 Å². The first-order valence-electron chi connectivity index (χ1n) is 8.62. The molecule has 1 aromatic rings. The molecule has 2 heteroatoms. The summed E-state index contributed by atoms with van der Waals surface area (Å²) in [6, 6.07) is 6.50. The molecule has 0 bridgehead atoms. The molecule has 0 aliphatic carbocycles. The van der Waals surface area contributed by atoms with E-state index in [1.807, 2.05) is 0 Å². The first kappa shape index (κ1) is 16.4. The number of aryl methyl sites for hydroxylation is 1. The van der Waals surface area contributed by atoms with Crippen molar-refractivity contribution in [2.75, 3.05) is 13.1 Å². The summed E-state index contributed by atoms with van der Waals surface area (Å²) in [6.07, 6.45) is 8.16. The summed E-state index contributed by atoms with van der Waals surface area (Å²) < 4.78 is 5.97. The zero-order valence-corrected chi connectivity index (χ0v) is 14.0. The van der Waals surface area contributed by atoms with E-state index < -0.39 is 0 Å². The van der Waals surface area contributed by atoms with Gasteiger partial charge in [0.05, 0.1) is 0 Å². The Balaban J connectivity index is 1.51. The molecule has 0 radical (unpaired) electrons. The second kappa shape index (κ2) is 8.43. The standard InChI is InChI=1S/C19H31NO/c1-15(2)8-6-4-5-7-11-20-14-18-13-17-12-16(3)9-10-19(17)21-18/h9-10,12,15,18,20H,4-8,11,13-14H2,1-3H3. The predicted molar refractivity (Wildman–Crippen MR) is 90.1 cm³/mol. The molecule has 1 N–H and O–H groups in total. The zero-order valence-electron chi connectivity index (χ0n) is 14.0. The van der Waals surface area contributed by atoms with Crippen LogP contribution in [0.3, 0.4) is 0 Å². The number of hydrogen-bond acceptors (Lipinski definition) is 2. The molecular weight excluding hydrogens is 258 g/mol. The second-order valence-electron chi connectivity index (χ2n) is 6.86. The minimum absolute atomic E-state index is 0.322. The third-order valence-electron chi connectivity index (χ3n) is 4.21. The van der Waals surface area contributed by atoms with Crippen LogP contribution >= 0.6 is 0 Å². The number of benzene rings is 1. The topological polar surface area (TPSA) is 21.3 Å². The van der Waals surface area contributed by atoms with E-state index in [0.29, 0.717) is 6.10 Å². The third-order valence-corrected chi connectivity index (χ3v) is 4.21. The van der Waals surface area contributed by atoms with Crippen LogP contribution in [-0.4, -0.2) is 19.2 Å². The fourth-order valence-corrected chi connectivity index (χ4v) is 2.98. The minimum Gasteiger partial charge on any atom is -0.488 e. The summed E-state index contributed by atoms with van der Waals surface area (Å²) in [5.41, 5.74) is 2.70. The summed E-state index contributed by atoms with van der Waals surface area (Å²) in [4.78, 5) is 0. The van der Waals surface area contributed by atoms with Crippen LogP contribution in [0.2, 0.25) is 0 Å². The van der Waals surface area contributed by atoms with Gasteiger partial charge in [0.2, 0.25) is 0 Å². The maximum absolute atomic E-state index is 5.97. The summed E-state index contributed by atoms with van der Waals surface area (Å²) in [7, 11) is 0. The average Bonchev–Trinajstić information content (AvgIpc) is 2.83. The average molecular weight is 289 g/mol. The molecule has 1 aromatic carbocycles. The highest BCUT2D eigenvalue weighted by molar-refractivity contribution is 5.40. The Labute approximate surface area is 130 Å². The van der Waals surface area contributed by atoms with Gasteiger partial charge in [0.25, 0.3) is 0 Å². The second-order valence-corrected chi connectivity index (χ2v) is 6.86. The van der Waals surface area contributed by atoms with Gasteiger partial charge in [-0.1, -0.05) is 57.2 Å². The zero-order chi connectivity index (χ0) is 15.1. The van der Waals surface area contributed by atoms with Crippen molar-refractivity contribution in [3.05, 3.63) is 29.3 Å². The molecule has 1 atom stereocenters. The van der Waals surface area contributed by atoms with E-state index in [2.05, 4.69) is 44.3 Å². The van der Waals surface area contributed by atoms with Gasteiger partial charge in [-0.05, 0) is 37.4 Å². The van der Waals surface area contributed by atoms with Crippen LogP contribution < -0.4 is 10.1 Å². The van der Waals surface area contributed by atoms with Gasteiger partial charge in [0.15, 0.2) is 0 Å². The molecule has 2 rings (SSSR count). The normalized spacial score (nSPS) is 17.0. The largest absolute Gasteiger partial charge is 0.488 e. The molecular formula is C19H31NO. The van der Waals surface area contributed by atoms with Crippen LogP contribution in [0, 0.1) is 12.8 Å². The van der Waals surface area contributed by atoms with Gasteiger partial charge in [-0.15, -0.1) is 0 Å². The molecule has 1 aliphatic heterocycles. The van der Waals surface area contributed by atoms with Crippen molar-refractivity contribution in [1.29, 1.82) is 0 Å². The van der Waals surface area contributed by atoms with E-state index in [1.165, 1.54) is 43.2 Å². The number of unbranched alkanes of at least 4 members (excludes halogenated alkanes) is 3. The summed E-state index contributed by atoms with van der Waals surface area (Å²) in [6.45, 7) is 8.85. The molecule has 0 aromatic heterocycles. The van der Waals surface area contributed by atoms with Crippen molar-refractivity contribution in [3.63, 3.8) is 0 Å². The van der Waals surface area contributed by atoms with Crippen LogP contribution in [0.25, 0.3) is 0 Å². The quantitative estimate of drug-likeness (QED) is 0.676. The highest BCUT2D eigenvalue weighted by Gasteiger charge is 2.21. The van der Waals surface area contributed by atoms with Gasteiger partial charge in [0, 0.05) is 13.0 Å². The molecule has 2 nitrogen and oxygen atoms in total. The molecule has 1 heterocycles. The van der Waals surface area contributed by atoms with Gasteiger partial charge in [-0.3, -0.25) is 0 Å². The Morgan fingerprint density at radius 1 is 1.19 bits per heavy atom. The number of ether oxygens (including phenoxy) is 1. The van der Waals surface area contributed by atoms with Crippen LogP contribution in [0.5, 0.6) is 5.75 Å². The van der Waals surface area contributed by atoms with E-state index in [1.54, 1.807) is 0 Å². The van der Waals surface area contributed by atoms with E-state index in [4.69, 9.17) is 4.74 Å². The Bertz CT molecular complexity index is 428. The van der Waals surface area contributed by atoms with Crippen LogP contribution in [-0.2, 0) is 6.42 Å². The Morgan fingerprint density at radius 2 is 2.00 bits per heavy atom. The highest BCUT2D eigenvalue weighted by Crippen LogP contribution is 2.29. The fraction of sp³-hybridized carbons (Fsp3) is 0.684. The van der Waals surface area contributed by atoms with Crippen molar-refractivity contribution < 1.29 is 4.74 Å². The van der Waals surface area contributed by atoms with E-state index >= 15 is 0 Å². The van der Waals surface area contributed by atoms with E-state index in [9.17, 15) is 0 Å². The van der Waals surface area contributed by atoms with Crippen molar-refractivity contribution in [2.24, 2.45) is 5.92 Å². The van der Waals surface area contributed by atoms with Gasteiger partial charge >= 0.3 is 0 Å². The van der Waals surface area contributed by atoms with Crippen molar-refractivity contribution in [1.82, 2.24) is 5.32 Å². The summed E-state index contributed by atoms with van der Waals surface area (Å²) in [5, 5.41) is 3.55. The number of nitrogens with one attached hydrogen (secondary N) is 1. The maximum Gasteiger partial charge on any atom is 0.123 e. The van der Waals surface area contributed by atoms with Gasteiger partial charge in [0.1, 0.15) is 11.9 Å². The molecule has 0 fully saturated rings. The molecule has 0 amide bonds. The lowest BCUT2D eigenvalue weighted by molar-refractivity contribution is 0.227. The van der Waals surface area contributed by atoms with Crippen LogP contribution in [0.15, 0.2) is 18.2 Å². The lowest BCUT2D eigenvalue weighted by Gasteiger charge is -2.11. The van der Waals surface area contributed by atoms with Crippen LogP contribution in [0.4, 0.5) is 0 Å².